The molecule has 9 heteroatoms. The average Bonchev–Trinajstić information content (AvgIpc) is 3.08. The lowest BCUT2D eigenvalue weighted by molar-refractivity contribution is 0.102. The summed E-state index contributed by atoms with van der Waals surface area (Å²) in [7, 11) is 0. The number of H-pyrrole nitrogens is 1. The second-order valence-corrected chi connectivity index (χ2v) is 7.58. The number of imidazole rings is 1. The molecule has 3 N–H and O–H groups in total. The number of aromatic nitrogens is 3. The van der Waals surface area contributed by atoms with Crippen LogP contribution < -0.4 is 10.6 Å². The Labute approximate surface area is 178 Å². The number of rotatable bonds is 4. The van der Waals surface area contributed by atoms with Crippen molar-refractivity contribution >= 4 is 73.4 Å². The number of aromatic amines is 1. The number of anilines is 3. The molecule has 1 amide bonds. The van der Waals surface area contributed by atoms with Crippen molar-refractivity contribution in [2.75, 3.05) is 10.6 Å². The first-order chi connectivity index (χ1) is 13.5. The fourth-order valence-electron chi connectivity index (χ4n) is 2.56. The molecule has 4 aromatic rings. The van der Waals surface area contributed by atoms with Gasteiger partial charge in [-0.1, -0.05) is 45.2 Å². The monoisotopic (exact) mass is 475 g/mol. The molecular weight excluding hydrogens is 465 g/mol. The molecule has 0 spiro atoms. The third-order valence-corrected chi connectivity index (χ3v) is 5.07. The highest BCUT2D eigenvalue weighted by Crippen LogP contribution is 2.32. The molecule has 0 atom stereocenters. The van der Waals surface area contributed by atoms with Gasteiger partial charge in [-0.3, -0.25) is 4.79 Å². The van der Waals surface area contributed by atoms with E-state index in [-0.39, 0.29) is 11.6 Å². The Kier molecular flexibility index (Phi) is 5.21. The molecule has 0 fully saturated rings. The van der Waals surface area contributed by atoms with Crippen molar-refractivity contribution in [1.82, 2.24) is 15.0 Å². The van der Waals surface area contributed by atoms with Crippen molar-refractivity contribution in [1.29, 1.82) is 0 Å². The molecule has 6 nitrogen and oxygen atoms in total. The van der Waals surface area contributed by atoms with Gasteiger partial charge >= 0.3 is 0 Å². The molecule has 2 aromatic heterocycles. The average molecular weight is 477 g/mol. The maximum atomic E-state index is 12.5. The van der Waals surface area contributed by atoms with E-state index in [9.17, 15) is 4.79 Å². The SMILES string of the molecule is O=C(Nc1ccc(Br)cc1)c1cc2nc(Nc3c(Cl)cccc3Cl)[nH]c2cn1. The molecule has 2 heterocycles. The summed E-state index contributed by atoms with van der Waals surface area (Å²) in [5.74, 6) is 0.119. The number of pyridine rings is 1. The molecular formula is C19H12BrCl2N5O. The van der Waals surface area contributed by atoms with Crippen LogP contribution in [-0.2, 0) is 0 Å². The lowest BCUT2D eigenvalue weighted by Gasteiger charge is -2.06. The number of nitrogens with zero attached hydrogens (tertiary/aromatic N) is 2. The van der Waals surface area contributed by atoms with E-state index in [1.165, 1.54) is 0 Å². The van der Waals surface area contributed by atoms with E-state index in [0.29, 0.717) is 38.4 Å². The van der Waals surface area contributed by atoms with Crippen LogP contribution in [0.25, 0.3) is 11.0 Å². The van der Waals surface area contributed by atoms with Crippen molar-refractivity contribution in [3.05, 3.63) is 74.9 Å². The molecule has 0 bridgehead atoms. The third kappa shape index (κ3) is 3.96. The van der Waals surface area contributed by atoms with Gasteiger partial charge in [-0.15, -0.1) is 0 Å². The van der Waals surface area contributed by atoms with Gasteiger partial charge in [0.15, 0.2) is 0 Å². The molecule has 0 aliphatic heterocycles. The first-order valence-electron chi connectivity index (χ1n) is 8.13. The van der Waals surface area contributed by atoms with E-state index in [2.05, 4.69) is 41.5 Å². The summed E-state index contributed by atoms with van der Waals surface area (Å²) in [5.41, 5.74) is 2.73. The third-order valence-electron chi connectivity index (χ3n) is 3.91. The van der Waals surface area contributed by atoms with Gasteiger partial charge in [0.05, 0.1) is 33.0 Å². The highest BCUT2D eigenvalue weighted by molar-refractivity contribution is 9.10. The van der Waals surface area contributed by atoms with Gasteiger partial charge in [0.25, 0.3) is 5.91 Å². The van der Waals surface area contributed by atoms with Gasteiger partial charge in [0.1, 0.15) is 5.69 Å². The van der Waals surface area contributed by atoms with Crippen molar-refractivity contribution in [2.45, 2.75) is 0 Å². The Bertz CT molecular complexity index is 1160. The molecule has 0 radical (unpaired) electrons. The maximum absolute atomic E-state index is 12.5. The number of hydrogen-bond donors (Lipinski definition) is 3. The lowest BCUT2D eigenvalue weighted by Crippen LogP contribution is -2.13. The van der Waals surface area contributed by atoms with E-state index < -0.39 is 0 Å². The van der Waals surface area contributed by atoms with E-state index in [1.54, 1.807) is 42.6 Å². The minimum atomic E-state index is -0.323. The highest BCUT2D eigenvalue weighted by Gasteiger charge is 2.13. The Balaban J connectivity index is 1.57. The van der Waals surface area contributed by atoms with Crippen LogP contribution in [0.2, 0.25) is 10.0 Å². The highest BCUT2D eigenvalue weighted by atomic mass is 79.9. The second kappa shape index (κ2) is 7.79. The van der Waals surface area contributed by atoms with Gasteiger partial charge in [0, 0.05) is 10.2 Å². The van der Waals surface area contributed by atoms with Crippen molar-refractivity contribution in [3.8, 4) is 0 Å². The topological polar surface area (TPSA) is 82.7 Å². The first kappa shape index (κ1) is 18.7. The normalized spacial score (nSPS) is 10.8. The van der Waals surface area contributed by atoms with E-state index in [0.717, 1.165) is 4.47 Å². The minimum Gasteiger partial charge on any atom is -0.323 e. The fraction of sp³-hybridized carbons (Fsp3) is 0. The van der Waals surface area contributed by atoms with Gasteiger partial charge in [-0.2, -0.15) is 0 Å². The Morgan fingerprint density at radius 3 is 2.50 bits per heavy atom. The van der Waals surface area contributed by atoms with Crippen molar-refractivity contribution in [3.63, 3.8) is 0 Å². The summed E-state index contributed by atoms with van der Waals surface area (Å²) in [4.78, 5) is 24.2. The number of benzene rings is 2. The van der Waals surface area contributed by atoms with E-state index in [4.69, 9.17) is 23.2 Å². The predicted octanol–water partition coefficient (Wildman–Crippen LogP) is 6.02. The molecule has 140 valence electrons. The van der Waals surface area contributed by atoms with Crippen LogP contribution in [0, 0.1) is 0 Å². The second-order valence-electron chi connectivity index (χ2n) is 5.85. The predicted molar refractivity (Wildman–Crippen MR) is 116 cm³/mol. The number of amides is 1. The van der Waals surface area contributed by atoms with Gasteiger partial charge in [-0.25, -0.2) is 9.97 Å². The molecule has 28 heavy (non-hydrogen) atoms. The molecule has 0 aliphatic carbocycles. The largest absolute Gasteiger partial charge is 0.323 e. The van der Waals surface area contributed by atoms with Crippen LogP contribution in [-0.4, -0.2) is 20.9 Å². The molecule has 4 rings (SSSR count). The van der Waals surface area contributed by atoms with Crippen molar-refractivity contribution in [2.24, 2.45) is 0 Å². The van der Waals surface area contributed by atoms with Crippen LogP contribution in [0.15, 0.2) is 59.2 Å². The van der Waals surface area contributed by atoms with Crippen LogP contribution in [0.5, 0.6) is 0 Å². The van der Waals surface area contributed by atoms with Gasteiger partial charge in [-0.05, 0) is 42.5 Å². The summed E-state index contributed by atoms with van der Waals surface area (Å²) < 4.78 is 0.931. The van der Waals surface area contributed by atoms with Crippen LogP contribution in [0.3, 0.4) is 0 Å². The van der Waals surface area contributed by atoms with Crippen LogP contribution >= 0.6 is 39.1 Å². The number of carbonyl (C=O) groups is 1. The molecule has 2 aromatic carbocycles. The number of hydrogen-bond acceptors (Lipinski definition) is 4. The zero-order chi connectivity index (χ0) is 19.7. The Morgan fingerprint density at radius 2 is 1.79 bits per heavy atom. The summed E-state index contributed by atoms with van der Waals surface area (Å²) in [5, 5.41) is 6.81. The summed E-state index contributed by atoms with van der Waals surface area (Å²) in [6.07, 6.45) is 1.55. The number of halogens is 3. The van der Waals surface area contributed by atoms with Crippen molar-refractivity contribution < 1.29 is 4.79 Å². The first-order valence-corrected chi connectivity index (χ1v) is 9.68. The Hall–Kier alpha value is -2.61. The summed E-state index contributed by atoms with van der Waals surface area (Å²) >= 11 is 15.7. The molecule has 0 unspecified atom stereocenters. The smallest absolute Gasteiger partial charge is 0.274 e. The number of nitrogens with one attached hydrogen (secondary N) is 3. The zero-order valence-electron chi connectivity index (χ0n) is 14.1. The van der Waals surface area contributed by atoms with Crippen LogP contribution in [0.1, 0.15) is 10.5 Å². The number of fused-ring (bicyclic) bond motifs is 1. The molecule has 0 aliphatic rings. The molecule has 0 saturated heterocycles. The summed E-state index contributed by atoms with van der Waals surface area (Å²) in [6, 6.07) is 14.1. The quantitative estimate of drug-likeness (QED) is 0.336. The van der Waals surface area contributed by atoms with Crippen LogP contribution in [0.4, 0.5) is 17.3 Å². The lowest BCUT2D eigenvalue weighted by atomic mass is 10.3. The standard InChI is InChI=1S/C19H12BrCl2N5O/c20-10-4-6-11(7-5-10)24-18(28)15-8-14-16(9-23-15)26-19(25-14)27-17-12(21)2-1-3-13(17)22/h1-9H,(H,24,28)(H2,25,26,27). The zero-order valence-corrected chi connectivity index (χ0v) is 17.2. The Morgan fingerprint density at radius 1 is 1.07 bits per heavy atom. The maximum Gasteiger partial charge on any atom is 0.274 e. The number of para-hydroxylation sites is 1. The van der Waals surface area contributed by atoms with Gasteiger partial charge in [0.2, 0.25) is 5.95 Å². The van der Waals surface area contributed by atoms with Gasteiger partial charge < -0.3 is 15.6 Å². The molecule has 0 saturated carbocycles. The van der Waals surface area contributed by atoms with E-state index in [1.807, 2.05) is 12.1 Å². The summed E-state index contributed by atoms with van der Waals surface area (Å²) in [6.45, 7) is 0. The van der Waals surface area contributed by atoms with E-state index >= 15 is 0 Å². The fourth-order valence-corrected chi connectivity index (χ4v) is 3.31. The minimum absolute atomic E-state index is 0.254. The number of carbonyl (C=O) groups excluding carboxylic acids is 1.